The number of amides is 1. The molecule has 3 rings (SSSR count). The number of hydrogen-bond acceptors (Lipinski definition) is 4. The topological polar surface area (TPSA) is 55.1 Å². The van der Waals surface area contributed by atoms with Gasteiger partial charge in [-0.05, 0) is 35.9 Å². The Labute approximate surface area is 132 Å². The quantitative estimate of drug-likeness (QED) is 0.782. The van der Waals surface area contributed by atoms with E-state index in [4.69, 9.17) is 4.42 Å². The summed E-state index contributed by atoms with van der Waals surface area (Å²) in [4.78, 5) is 17.2. The van der Waals surface area contributed by atoms with Gasteiger partial charge < -0.3 is 9.73 Å². The van der Waals surface area contributed by atoms with Crippen molar-refractivity contribution >= 4 is 17.2 Å². The molecule has 0 spiro atoms. The molecule has 1 amide bonds. The first-order valence-corrected chi connectivity index (χ1v) is 7.94. The maximum atomic E-state index is 12.3. The number of benzene rings is 1. The third kappa shape index (κ3) is 3.09. The van der Waals surface area contributed by atoms with E-state index in [1.54, 1.807) is 0 Å². The van der Waals surface area contributed by atoms with Crippen LogP contribution in [0.5, 0.6) is 0 Å². The third-order valence-corrected chi connectivity index (χ3v) is 4.34. The van der Waals surface area contributed by atoms with E-state index in [1.165, 1.54) is 28.9 Å². The lowest BCUT2D eigenvalue weighted by molar-refractivity contribution is 0.0950. The van der Waals surface area contributed by atoms with Crippen LogP contribution in [0, 0.1) is 6.92 Å². The molecule has 4 nitrogen and oxygen atoms in total. The van der Waals surface area contributed by atoms with Gasteiger partial charge in [0.15, 0.2) is 17.8 Å². The van der Waals surface area contributed by atoms with Crippen molar-refractivity contribution < 1.29 is 9.21 Å². The van der Waals surface area contributed by atoms with Gasteiger partial charge in [-0.25, -0.2) is 4.98 Å². The zero-order valence-electron chi connectivity index (χ0n) is 12.2. The van der Waals surface area contributed by atoms with Crippen molar-refractivity contribution in [2.24, 2.45) is 0 Å². The number of hydrogen-bond donors (Lipinski definition) is 1. The van der Waals surface area contributed by atoms with Crippen LogP contribution in [0.4, 0.5) is 0 Å². The number of carbonyl (C=O) groups excluding carboxylic acids is 1. The predicted octanol–water partition coefficient (Wildman–Crippen LogP) is 3.68. The molecule has 0 unspecified atom stereocenters. The van der Waals surface area contributed by atoms with Crippen LogP contribution in [0.2, 0.25) is 0 Å². The van der Waals surface area contributed by atoms with Crippen LogP contribution in [0.15, 0.2) is 52.6 Å². The number of nitrogens with zero attached hydrogens (tertiary/aromatic N) is 1. The third-order valence-electron chi connectivity index (χ3n) is 3.47. The van der Waals surface area contributed by atoms with E-state index in [2.05, 4.69) is 29.4 Å². The Kier molecular flexibility index (Phi) is 4.34. The van der Waals surface area contributed by atoms with E-state index >= 15 is 0 Å². The number of carbonyl (C=O) groups is 1. The summed E-state index contributed by atoms with van der Waals surface area (Å²) in [7, 11) is 0. The minimum atomic E-state index is -0.203. The average molecular weight is 312 g/mol. The van der Waals surface area contributed by atoms with Gasteiger partial charge in [0.25, 0.3) is 5.91 Å². The van der Waals surface area contributed by atoms with E-state index in [0.717, 1.165) is 11.3 Å². The predicted molar refractivity (Wildman–Crippen MR) is 87.0 cm³/mol. The van der Waals surface area contributed by atoms with Crippen LogP contribution in [0.1, 0.15) is 21.6 Å². The molecular formula is C17H16N2O2S. The summed E-state index contributed by atoms with van der Waals surface area (Å²) < 4.78 is 5.35. The SMILES string of the molecule is Cc1ccccc1CCNC(=O)c1ncoc1-c1cccs1. The minimum Gasteiger partial charge on any atom is -0.442 e. The standard InChI is InChI=1S/C17H16N2O2S/c1-12-5-2-3-6-13(12)8-9-18-17(20)15-16(21-11-19-15)14-7-4-10-22-14/h2-7,10-11H,8-9H2,1H3,(H,18,20). The van der Waals surface area contributed by atoms with Crippen LogP contribution < -0.4 is 5.32 Å². The number of aryl methyl sites for hydroxylation is 1. The summed E-state index contributed by atoms with van der Waals surface area (Å²) in [5, 5.41) is 4.85. The lowest BCUT2D eigenvalue weighted by Gasteiger charge is -2.06. The number of oxazole rings is 1. The van der Waals surface area contributed by atoms with Gasteiger partial charge >= 0.3 is 0 Å². The van der Waals surface area contributed by atoms with E-state index < -0.39 is 0 Å². The second-order valence-corrected chi connectivity index (χ2v) is 5.89. The fourth-order valence-electron chi connectivity index (χ4n) is 2.28. The van der Waals surface area contributed by atoms with Crippen molar-refractivity contribution in [3.63, 3.8) is 0 Å². The van der Waals surface area contributed by atoms with Crippen molar-refractivity contribution in [2.45, 2.75) is 13.3 Å². The highest BCUT2D eigenvalue weighted by Gasteiger charge is 2.18. The molecule has 0 bridgehead atoms. The second kappa shape index (κ2) is 6.58. The molecule has 0 aliphatic carbocycles. The first-order chi connectivity index (χ1) is 10.8. The molecule has 0 aliphatic heterocycles. The minimum absolute atomic E-state index is 0.203. The molecule has 0 saturated heterocycles. The van der Waals surface area contributed by atoms with E-state index in [0.29, 0.717) is 18.0 Å². The zero-order valence-corrected chi connectivity index (χ0v) is 13.0. The maximum Gasteiger partial charge on any atom is 0.273 e. The van der Waals surface area contributed by atoms with Crippen LogP contribution in [-0.2, 0) is 6.42 Å². The summed E-state index contributed by atoms with van der Waals surface area (Å²) in [5.74, 6) is 0.328. The summed E-state index contributed by atoms with van der Waals surface area (Å²) in [6, 6.07) is 12.0. The number of rotatable bonds is 5. The molecule has 0 saturated carbocycles. The Morgan fingerprint density at radius 2 is 2.14 bits per heavy atom. The Bertz CT molecular complexity index is 763. The van der Waals surface area contributed by atoms with Crippen LogP contribution in [0.3, 0.4) is 0 Å². The van der Waals surface area contributed by atoms with E-state index in [-0.39, 0.29) is 5.91 Å². The summed E-state index contributed by atoms with van der Waals surface area (Å²) in [5.41, 5.74) is 2.81. The fraction of sp³-hybridized carbons (Fsp3) is 0.176. The van der Waals surface area contributed by atoms with Gasteiger partial charge in [-0.15, -0.1) is 11.3 Å². The number of aromatic nitrogens is 1. The molecule has 1 aromatic carbocycles. The Hall–Kier alpha value is -2.40. The van der Waals surface area contributed by atoms with Gasteiger partial charge in [0.1, 0.15) is 0 Å². The lowest BCUT2D eigenvalue weighted by Crippen LogP contribution is -2.26. The van der Waals surface area contributed by atoms with Gasteiger partial charge in [-0.3, -0.25) is 4.79 Å². The van der Waals surface area contributed by atoms with Gasteiger partial charge in [0.05, 0.1) is 4.88 Å². The Balaban J connectivity index is 1.64. The Morgan fingerprint density at radius 3 is 2.91 bits per heavy atom. The maximum absolute atomic E-state index is 12.3. The molecule has 22 heavy (non-hydrogen) atoms. The first kappa shape index (κ1) is 14.5. The largest absolute Gasteiger partial charge is 0.442 e. The van der Waals surface area contributed by atoms with Crippen molar-refractivity contribution in [3.05, 3.63) is 65.0 Å². The highest BCUT2D eigenvalue weighted by atomic mass is 32.1. The summed E-state index contributed by atoms with van der Waals surface area (Å²) in [6.07, 6.45) is 2.11. The van der Waals surface area contributed by atoms with Gasteiger partial charge in [-0.1, -0.05) is 30.3 Å². The molecule has 0 radical (unpaired) electrons. The lowest BCUT2D eigenvalue weighted by atomic mass is 10.1. The van der Waals surface area contributed by atoms with Crippen LogP contribution >= 0.6 is 11.3 Å². The average Bonchev–Trinajstić information content (AvgIpc) is 3.19. The smallest absolute Gasteiger partial charge is 0.273 e. The van der Waals surface area contributed by atoms with Gasteiger partial charge in [-0.2, -0.15) is 0 Å². The molecule has 0 atom stereocenters. The van der Waals surface area contributed by atoms with Crippen LogP contribution in [-0.4, -0.2) is 17.4 Å². The molecule has 5 heteroatoms. The summed E-state index contributed by atoms with van der Waals surface area (Å²) in [6.45, 7) is 2.64. The number of thiophene rings is 1. The van der Waals surface area contributed by atoms with Crippen molar-refractivity contribution in [3.8, 4) is 10.6 Å². The first-order valence-electron chi connectivity index (χ1n) is 7.06. The monoisotopic (exact) mass is 312 g/mol. The van der Waals surface area contributed by atoms with Gasteiger partial charge in [0.2, 0.25) is 0 Å². The summed E-state index contributed by atoms with van der Waals surface area (Å²) >= 11 is 1.52. The molecule has 2 heterocycles. The van der Waals surface area contributed by atoms with Crippen molar-refractivity contribution in [1.82, 2.24) is 10.3 Å². The number of nitrogens with one attached hydrogen (secondary N) is 1. The van der Waals surface area contributed by atoms with Gasteiger partial charge in [0, 0.05) is 6.54 Å². The highest BCUT2D eigenvalue weighted by Crippen LogP contribution is 2.27. The highest BCUT2D eigenvalue weighted by molar-refractivity contribution is 7.13. The molecule has 2 aromatic heterocycles. The van der Waals surface area contributed by atoms with Crippen LogP contribution in [0.25, 0.3) is 10.6 Å². The normalized spacial score (nSPS) is 10.6. The Morgan fingerprint density at radius 1 is 1.27 bits per heavy atom. The molecular weight excluding hydrogens is 296 g/mol. The van der Waals surface area contributed by atoms with Crippen molar-refractivity contribution in [2.75, 3.05) is 6.54 Å². The molecule has 0 aliphatic rings. The molecule has 112 valence electrons. The molecule has 1 N–H and O–H groups in total. The zero-order chi connectivity index (χ0) is 15.4. The van der Waals surface area contributed by atoms with Crippen molar-refractivity contribution in [1.29, 1.82) is 0 Å². The van der Waals surface area contributed by atoms with E-state index in [1.807, 2.05) is 29.6 Å². The molecule has 0 fully saturated rings. The second-order valence-electron chi connectivity index (χ2n) is 4.94. The molecule has 3 aromatic rings. The van der Waals surface area contributed by atoms with E-state index in [9.17, 15) is 4.79 Å². The fourth-order valence-corrected chi connectivity index (χ4v) is 2.99.